The second kappa shape index (κ2) is 8.78. The van der Waals surface area contributed by atoms with Crippen LogP contribution in [0.4, 0.5) is 9.52 Å². The van der Waals surface area contributed by atoms with Crippen molar-refractivity contribution in [3.8, 4) is 5.75 Å². The zero-order valence-corrected chi connectivity index (χ0v) is 17.3. The molecule has 0 spiro atoms. The van der Waals surface area contributed by atoms with Crippen LogP contribution < -0.4 is 9.64 Å². The topological polar surface area (TPSA) is 45.7 Å². The fourth-order valence-electron chi connectivity index (χ4n) is 3.35. The first-order valence-corrected chi connectivity index (χ1v) is 10.8. The first-order valence-electron chi connectivity index (χ1n) is 9.98. The van der Waals surface area contributed by atoms with Crippen molar-refractivity contribution in [3.05, 3.63) is 53.8 Å². The second-order valence-electron chi connectivity index (χ2n) is 7.09. The molecule has 152 valence electrons. The van der Waals surface area contributed by atoms with Gasteiger partial charge in [0, 0.05) is 31.7 Å². The summed E-state index contributed by atoms with van der Waals surface area (Å²) in [5, 5.41) is 0.811. The lowest BCUT2D eigenvalue weighted by atomic mass is 10.1. The van der Waals surface area contributed by atoms with Crippen LogP contribution in [0.1, 0.15) is 30.1 Å². The molecule has 1 aliphatic rings. The fourth-order valence-corrected chi connectivity index (χ4v) is 4.38. The lowest BCUT2D eigenvalue weighted by Gasteiger charge is -2.34. The second-order valence-corrected chi connectivity index (χ2v) is 8.10. The van der Waals surface area contributed by atoms with Gasteiger partial charge in [-0.1, -0.05) is 30.7 Å². The molecule has 1 fully saturated rings. The molecule has 29 heavy (non-hydrogen) atoms. The third kappa shape index (κ3) is 4.34. The maximum absolute atomic E-state index is 13.9. The van der Waals surface area contributed by atoms with Crippen LogP contribution in [0.2, 0.25) is 0 Å². The molecule has 0 radical (unpaired) electrons. The number of ether oxygens (including phenoxy) is 1. The Morgan fingerprint density at radius 3 is 2.59 bits per heavy atom. The summed E-state index contributed by atoms with van der Waals surface area (Å²) >= 11 is 1.49. The van der Waals surface area contributed by atoms with E-state index in [1.165, 1.54) is 17.4 Å². The van der Waals surface area contributed by atoms with E-state index >= 15 is 0 Å². The van der Waals surface area contributed by atoms with Gasteiger partial charge in [-0.05, 0) is 42.8 Å². The average molecular weight is 414 g/mol. The summed E-state index contributed by atoms with van der Waals surface area (Å²) in [4.78, 5) is 21.2. The number of amides is 1. The van der Waals surface area contributed by atoms with Crippen molar-refractivity contribution in [2.45, 2.75) is 19.8 Å². The van der Waals surface area contributed by atoms with Gasteiger partial charge in [0.2, 0.25) is 0 Å². The lowest BCUT2D eigenvalue weighted by molar-refractivity contribution is 0.0746. The molecule has 1 aliphatic heterocycles. The Labute approximate surface area is 173 Å². The van der Waals surface area contributed by atoms with Crippen LogP contribution in [0.5, 0.6) is 5.75 Å². The predicted molar refractivity (Wildman–Crippen MR) is 115 cm³/mol. The van der Waals surface area contributed by atoms with Gasteiger partial charge in [-0.2, -0.15) is 0 Å². The minimum Gasteiger partial charge on any atom is -0.494 e. The Kier molecular flexibility index (Phi) is 5.94. The number of hydrogen-bond acceptors (Lipinski definition) is 5. The van der Waals surface area contributed by atoms with E-state index < -0.39 is 0 Å². The van der Waals surface area contributed by atoms with Gasteiger partial charge in [0.1, 0.15) is 17.1 Å². The maximum atomic E-state index is 13.9. The summed E-state index contributed by atoms with van der Waals surface area (Å²) in [5.74, 6) is 0.531. The molecular weight excluding hydrogens is 389 g/mol. The summed E-state index contributed by atoms with van der Waals surface area (Å²) in [6.07, 6.45) is 2.11. The van der Waals surface area contributed by atoms with Crippen molar-refractivity contribution in [1.82, 2.24) is 9.88 Å². The number of para-hydroxylation sites is 1. The first kappa shape index (κ1) is 19.6. The standard InChI is InChI=1S/C22H24FN3O2S/c1-2-3-15-28-17-9-7-16(8-10-17)21(27)25-11-13-26(14-12-25)22-24-20-18(23)5-4-6-19(20)29-22/h4-10H,2-3,11-15H2,1H3. The molecule has 3 aromatic rings. The minimum absolute atomic E-state index is 0.0279. The number of hydrogen-bond donors (Lipinski definition) is 0. The number of piperazine rings is 1. The number of fused-ring (bicyclic) bond motifs is 1. The first-order chi connectivity index (χ1) is 14.2. The van der Waals surface area contributed by atoms with Crippen LogP contribution in [0.25, 0.3) is 10.2 Å². The summed E-state index contributed by atoms with van der Waals surface area (Å²) in [5.41, 5.74) is 1.09. The molecule has 0 saturated carbocycles. The number of thiazole rings is 1. The molecule has 0 aliphatic carbocycles. The van der Waals surface area contributed by atoms with Gasteiger partial charge in [-0.25, -0.2) is 9.37 Å². The van der Waals surface area contributed by atoms with E-state index in [1.54, 1.807) is 6.07 Å². The Balaban J connectivity index is 1.36. The van der Waals surface area contributed by atoms with E-state index in [1.807, 2.05) is 35.2 Å². The zero-order valence-electron chi connectivity index (χ0n) is 16.4. The van der Waals surface area contributed by atoms with E-state index in [0.717, 1.165) is 28.4 Å². The van der Waals surface area contributed by atoms with Gasteiger partial charge in [0.05, 0.1) is 11.3 Å². The van der Waals surface area contributed by atoms with Gasteiger partial charge >= 0.3 is 0 Å². The molecule has 7 heteroatoms. The number of carbonyl (C=O) groups excluding carboxylic acids is 1. The quantitative estimate of drug-likeness (QED) is 0.555. The Morgan fingerprint density at radius 2 is 1.90 bits per heavy atom. The van der Waals surface area contributed by atoms with Crippen molar-refractivity contribution in [2.24, 2.45) is 0 Å². The van der Waals surface area contributed by atoms with Gasteiger partial charge < -0.3 is 14.5 Å². The SMILES string of the molecule is CCCCOc1ccc(C(=O)N2CCN(c3nc4c(F)cccc4s3)CC2)cc1. The van der Waals surface area contributed by atoms with E-state index in [4.69, 9.17) is 4.74 Å². The largest absolute Gasteiger partial charge is 0.494 e. The zero-order chi connectivity index (χ0) is 20.2. The molecule has 5 nitrogen and oxygen atoms in total. The summed E-state index contributed by atoms with van der Waals surface area (Å²) in [6.45, 7) is 5.43. The summed E-state index contributed by atoms with van der Waals surface area (Å²) in [6, 6.07) is 12.4. The number of rotatable bonds is 6. The minimum atomic E-state index is -0.291. The molecule has 1 aromatic heterocycles. The van der Waals surface area contributed by atoms with Gasteiger partial charge in [-0.15, -0.1) is 0 Å². The maximum Gasteiger partial charge on any atom is 0.253 e. The number of halogens is 1. The number of benzene rings is 2. The van der Waals surface area contributed by atoms with Crippen LogP contribution in [-0.4, -0.2) is 48.6 Å². The van der Waals surface area contributed by atoms with E-state index in [0.29, 0.717) is 43.9 Å². The number of nitrogens with zero attached hydrogens (tertiary/aromatic N) is 3. The molecule has 0 bridgehead atoms. The third-order valence-electron chi connectivity index (χ3n) is 5.06. The van der Waals surface area contributed by atoms with Crippen molar-refractivity contribution in [3.63, 3.8) is 0 Å². The van der Waals surface area contributed by atoms with Gasteiger partial charge in [-0.3, -0.25) is 4.79 Å². The monoisotopic (exact) mass is 413 g/mol. The summed E-state index contributed by atoms with van der Waals surface area (Å²) in [7, 11) is 0. The Hall–Kier alpha value is -2.67. The number of aromatic nitrogens is 1. The molecule has 1 amide bonds. The van der Waals surface area contributed by atoms with Gasteiger partial charge in [0.25, 0.3) is 5.91 Å². The number of unbranched alkanes of at least 4 members (excludes halogenated alkanes) is 1. The van der Waals surface area contributed by atoms with E-state index in [-0.39, 0.29) is 11.7 Å². The highest BCUT2D eigenvalue weighted by Gasteiger charge is 2.24. The average Bonchev–Trinajstić information content (AvgIpc) is 3.20. The predicted octanol–water partition coefficient (Wildman–Crippen LogP) is 4.58. The van der Waals surface area contributed by atoms with Crippen molar-refractivity contribution in [1.29, 1.82) is 0 Å². The molecular formula is C22H24FN3O2S. The smallest absolute Gasteiger partial charge is 0.253 e. The highest BCUT2D eigenvalue weighted by atomic mass is 32.1. The molecule has 0 N–H and O–H groups in total. The summed E-state index contributed by atoms with van der Waals surface area (Å²) < 4.78 is 20.4. The van der Waals surface area contributed by atoms with Crippen LogP contribution in [0, 0.1) is 5.82 Å². The molecule has 2 aromatic carbocycles. The number of anilines is 1. The fraction of sp³-hybridized carbons (Fsp3) is 0.364. The lowest BCUT2D eigenvalue weighted by Crippen LogP contribution is -2.48. The Morgan fingerprint density at radius 1 is 1.14 bits per heavy atom. The molecule has 1 saturated heterocycles. The molecule has 0 atom stereocenters. The highest BCUT2D eigenvalue weighted by molar-refractivity contribution is 7.22. The molecule has 0 unspecified atom stereocenters. The van der Waals surface area contributed by atoms with E-state index in [2.05, 4.69) is 16.8 Å². The van der Waals surface area contributed by atoms with Crippen LogP contribution >= 0.6 is 11.3 Å². The number of carbonyl (C=O) groups is 1. The van der Waals surface area contributed by atoms with Crippen LogP contribution in [0.3, 0.4) is 0 Å². The third-order valence-corrected chi connectivity index (χ3v) is 6.15. The molecule has 2 heterocycles. The normalized spacial score (nSPS) is 14.4. The van der Waals surface area contributed by atoms with E-state index in [9.17, 15) is 9.18 Å². The Bertz CT molecular complexity index is 981. The van der Waals surface area contributed by atoms with Crippen LogP contribution in [0.15, 0.2) is 42.5 Å². The van der Waals surface area contributed by atoms with Crippen molar-refractivity contribution < 1.29 is 13.9 Å². The highest BCUT2D eigenvalue weighted by Crippen LogP contribution is 2.30. The van der Waals surface area contributed by atoms with Crippen molar-refractivity contribution in [2.75, 3.05) is 37.7 Å². The molecule has 4 rings (SSSR count). The van der Waals surface area contributed by atoms with Crippen LogP contribution in [-0.2, 0) is 0 Å². The van der Waals surface area contributed by atoms with Gasteiger partial charge in [0.15, 0.2) is 5.13 Å². The van der Waals surface area contributed by atoms with Crippen molar-refractivity contribution >= 4 is 32.6 Å².